The number of hydrogen-bond donors (Lipinski definition) is 1. The molecule has 1 aromatic heterocycles. The molecule has 1 amide bonds. The monoisotopic (exact) mass is 509 g/mol. The molecule has 0 bridgehead atoms. The number of alkyl halides is 3. The molecule has 0 radical (unpaired) electrons. The largest absolute Gasteiger partial charge is 0.573 e. The van der Waals surface area contributed by atoms with Gasteiger partial charge in [0.2, 0.25) is 6.41 Å². The van der Waals surface area contributed by atoms with Gasteiger partial charge in [0.15, 0.2) is 11.6 Å². The number of ether oxygens (including phenoxy) is 1. The molecular formula is C26H38F3N5O2. The lowest BCUT2D eigenvalue weighted by molar-refractivity contribution is -0.274. The number of rotatable bonds is 16. The molecule has 0 spiro atoms. The Kier molecular flexibility index (Phi) is 10.8. The van der Waals surface area contributed by atoms with Gasteiger partial charge >= 0.3 is 6.36 Å². The normalized spacial score (nSPS) is 14.0. The second-order valence-electron chi connectivity index (χ2n) is 9.05. The fourth-order valence-electron chi connectivity index (χ4n) is 3.60. The van der Waals surface area contributed by atoms with E-state index in [1.54, 1.807) is 4.90 Å². The summed E-state index contributed by atoms with van der Waals surface area (Å²) in [7, 11) is 2.00. The molecule has 0 saturated heterocycles. The van der Waals surface area contributed by atoms with Gasteiger partial charge in [-0.15, -0.1) is 13.2 Å². The van der Waals surface area contributed by atoms with Gasteiger partial charge in [0.1, 0.15) is 0 Å². The van der Waals surface area contributed by atoms with Gasteiger partial charge in [0.05, 0.1) is 0 Å². The second-order valence-corrected chi connectivity index (χ2v) is 9.05. The number of hydrogen-bond acceptors (Lipinski definition) is 6. The lowest BCUT2D eigenvalue weighted by atomic mass is 10.0. The standard InChI is InChI=1S/C26H38F3N5O2/c1-6-8-22(23-15-24(25(30)31-16-23)36-26(27,28)29)17-34(20(4)21-9-10-21)19(3)11-12-33(18-35)14-13-32(5)7-2/h15-18,21H,3-4,6-14H2,1-2,5H3,(H2,30,31)/b22-17+. The van der Waals surface area contributed by atoms with Crippen LogP contribution < -0.4 is 10.5 Å². The number of anilines is 1. The summed E-state index contributed by atoms with van der Waals surface area (Å²) in [6.07, 6.45) is 3.20. The fourth-order valence-corrected chi connectivity index (χ4v) is 3.60. The molecule has 1 saturated carbocycles. The van der Waals surface area contributed by atoms with Crippen molar-refractivity contribution in [3.8, 4) is 5.75 Å². The number of halogens is 3. The molecule has 0 unspecified atom stereocenters. The predicted molar refractivity (Wildman–Crippen MR) is 136 cm³/mol. The van der Waals surface area contributed by atoms with Crippen LogP contribution >= 0.6 is 0 Å². The summed E-state index contributed by atoms with van der Waals surface area (Å²) in [6.45, 7) is 15.3. The van der Waals surface area contributed by atoms with Gasteiger partial charge in [-0.1, -0.05) is 33.4 Å². The van der Waals surface area contributed by atoms with Gasteiger partial charge in [0, 0.05) is 55.4 Å². The van der Waals surface area contributed by atoms with Crippen molar-refractivity contribution in [3.05, 3.63) is 48.6 Å². The van der Waals surface area contributed by atoms with E-state index in [0.29, 0.717) is 37.4 Å². The Morgan fingerprint density at radius 3 is 2.47 bits per heavy atom. The molecule has 0 atom stereocenters. The Hall–Kier alpha value is -3.01. The summed E-state index contributed by atoms with van der Waals surface area (Å²) < 4.78 is 42.6. The molecule has 7 nitrogen and oxygen atoms in total. The molecule has 1 fully saturated rings. The molecular weight excluding hydrogens is 471 g/mol. The Balaban J connectivity index is 2.28. The van der Waals surface area contributed by atoms with Gasteiger partial charge < -0.3 is 25.2 Å². The first-order valence-electron chi connectivity index (χ1n) is 12.2. The topological polar surface area (TPSA) is 74.9 Å². The van der Waals surface area contributed by atoms with E-state index >= 15 is 0 Å². The third-order valence-electron chi connectivity index (χ3n) is 6.13. The quantitative estimate of drug-likeness (QED) is 0.307. The van der Waals surface area contributed by atoms with E-state index in [2.05, 4.69) is 34.7 Å². The van der Waals surface area contributed by atoms with Crippen LogP contribution in [0.4, 0.5) is 19.0 Å². The van der Waals surface area contributed by atoms with E-state index < -0.39 is 12.1 Å². The summed E-state index contributed by atoms with van der Waals surface area (Å²) in [4.78, 5) is 21.3. The molecule has 36 heavy (non-hydrogen) atoms. The number of amides is 1. The zero-order chi connectivity index (χ0) is 26.9. The lowest BCUT2D eigenvalue weighted by Crippen LogP contribution is -2.33. The average Bonchev–Trinajstić information content (AvgIpc) is 3.67. The number of nitrogens with zero attached hydrogens (tertiary/aromatic N) is 4. The first kappa shape index (κ1) is 29.2. The molecule has 1 aliphatic rings. The molecule has 2 rings (SSSR count). The highest BCUT2D eigenvalue weighted by Gasteiger charge is 2.33. The Bertz CT molecular complexity index is 944. The summed E-state index contributed by atoms with van der Waals surface area (Å²) in [6, 6.07) is 1.26. The van der Waals surface area contributed by atoms with Crippen molar-refractivity contribution >= 4 is 17.8 Å². The maximum absolute atomic E-state index is 12.8. The van der Waals surface area contributed by atoms with E-state index in [-0.39, 0.29) is 5.82 Å². The van der Waals surface area contributed by atoms with E-state index in [0.717, 1.165) is 55.7 Å². The van der Waals surface area contributed by atoms with Crippen LogP contribution in [0.15, 0.2) is 43.0 Å². The Morgan fingerprint density at radius 1 is 1.22 bits per heavy atom. The van der Waals surface area contributed by atoms with Gasteiger partial charge in [-0.05, 0) is 50.4 Å². The first-order chi connectivity index (χ1) is 17.0. The van der Waals surface area contributed by atoms with Crippen molar-refractivity contribution in [2.24, 2.45) is 5.92 Å². The third kappa shape index (κ3) is 9.22. The minimum absolute atomic E-state index is 0.329. The molecule has 1 aliphatic carbocycles. The number of carbonyl (C=O) groups is 1. The van der Waals surface area contributed by atoms with Crippen LogP contribution in [0.1, 0.15) is 51.5 Å². The zero-order valence-corrected chi connectivity index (χ0v) is 21.5. The molecule has 10 heteroatoms. The lowest BCUT2D eigenvalue weighted by Gasteiger charge is -2.29. The molecule has 2 N–H and O–H groups in total. The smallest absolute Gasteiger partial charge is 0.402 e. The van der Waals surface area contributed by atoms with Crippen molar-refractivity contribution < 1.29 is 22.7 Å². The maximum atomic E-state index is 12.8. The van der Waals surface area contributed by atoms with E-state index in [1.165, 1.54) is 12.3 Å². The first-order valence-corrected chi connectivity index (χ1v) is 12.2. The summed E-state index contributed by atoms with van der Waals surface area (Å²) in [5, 5.41) is 0. The van der Waals surface area contributed by atoms with Gasteiger partial charge in [-0.3, -0.25) is 4.79 Å². The predicted octanol–water partition coefficient (Wildman–Crippen LogP) is 5.24. The number of nitrogen functional groups attached to an aromatic ring is 1. The summed E-state index contributed by atoms with van der Waals surface area (Å²) in [5.74, 6) is -0.541. The molecule has 0 aromatic carbocycles. The van der Waals surface area contributed by atoms with Crippen molar-refractivity contribution in [1.82, 2.24) is 19.7 Å². The van der Waals surface area contributed by atoms with Crippen LogP contribution in [0, 0.1) is 5.92 Å². The van der Waals surface area contributed by atoms with Gasteiger partial charge in [-0.25, -0.2) is 4.98 Å². The molecule has 0 aliphatic heterocycles. The number of carbonyl (C=O) groups excluding carboxylic acids is 1. The number of nitrogens with two attached hydrogens (primary N) is 1. The van der Waals surface area contributed by atoms with Crippen LogP contribution in [0.2, 0.25) is 0 Å². The van der Waals surface area contributed by atoms with Crippen molar-refractivity contribution in [2.45, 2.75) is 52.3 Å². The summed E-state index contributed by atoms with van der Waals surface area (Å²) >= 11 is 0. The Morgan fingerprint density at radius 2 is 1.92 bits per heavy atom. The van der Waals surface area contributed by atoms with E-state index in [4.69, 9.17) is 5.73 Å². The zero-order valence-electron chi connectivity index (χ0n) is 21.5. The molecule has 1 heterocycles. The second kappa shape index (κ2) is 13.3. The SMILES string of the molecule is C=C(CCN(C=O)CCN(C)CC)N(/C=C(\CCC)c1cnc(N)c(OC(F)(F)F)c1)C(=C)C1CC1. The number of aromatic nitrogens is 1. The van der Waals surface area contributed by atoms with E-state index in [1.807, 2.05) is 25.1 Å². The highest BCUT2D eigenvalue weighted by molar-refractivity contribution is 5.68. The highest BCUT2D eigenvalue weighted by atomic mass is 19.4. The average molecular weight is 510 g/mol. The van der Waals surface area contributed by atoms with Gasteiger partial charge in [-0.2, -0.15) is 0 Å². The molecule has 1 aromatic rings. The number of pyridine rings is 1. The Labute approximate surface area is 212 Å². The third-order valence-corrected chi connectivity index (χ3v) is 6.13. The van der Waals surface area contributed by atoms with Crippen LogP contribution in [-0.4, -0.2) is 65.7 Å². The van der Waals surface area contributed by atoms with Gasteiger partial charge in [0.25, 0.3) is 0 Å². The minimum Gasteiger partial charge on any atom is -0.402 e. The summed E-state index contributed by atoms with van der Waals surface area (Å²) in [5.41, 5.74) is 8.49. The van der Waals surface area contributed by atoms with Crippen molar-refractivity contribution in [2.75, 3.05) is 39.0 Å². The van der Waals surface area contributed by atoms with Crippen molar-refractivity contribution in [1.29, 1.82) is 0 Å². The fraction of sp³-hybridized carbons (Fsp3) is 0.538. The number of likely N-dealkylation sites (N-methyl/N-ethyl adjacent to an activating group) is 1. The highest BCUT2D eigenvalue weighted by Crippen LogP contribution is 2.40. The van der Waals surface area contributed by atoms with Crippen molar-refractivity contribution in [3.63, 3.8) is 0 Å². The van der Waals surface area contributed by atoms with Crippen LogP contribution in [0.3, 0.4) is 0 Å². The number of allylic oxidation sites excluding steroid dienone is 2. The van der Waals surface area contributed by atoms with E-state index in [9.17, 15) is 18.0 Å². The van der Waals surface area contributed by atoms with Crippen LogP contribution in [-0.2, 0) is 4.79 Å². The van der Waals surface area contributed by atoms with Crippen LogP contribution in [0.5, 0.6) is 5.75 Å². The minimum atomic E-state index is -4.87. The molecule has 200 valence electrons. The van der Waals surface area contributed by atoms with Crippen LogP contribution in [0.25, 0.3) is 5.57 Å². The maximum Gasteiger partial charge on any atom is 0.573 e.